The third-order valence-corrected chi connectivity index (χ3v) is 3.99. The highest BCUT2D eigenvalue weighted by Crippen LogP contribution is 2.23. The summed E-state index contributed by atoms with van der Waals surface area (Å²) in [6.07, 6.45) is 10.9. The maximum absolute atomic E-state index is 3.76. The largest absolute Gasteiger partial charge is 0.303 e. The third-order valence-electron chi connectivity index (χ3n) is 3.99. The van der Waals surface area contributed by atoms with E-state index in [0.29, 0.717) is 0 Å². The molecule has 3 rings (SSSR count). The van der Waals surface area contributed by atoms with Gasteiger partial charge in [0.05, 0.1) is 0 Å². The van der Waals surface area contributed by atoms with Crippen molar-refractivity contribution in [2.75, 3.05) is 0 Å². The summed E-state index contributed by atoms with van der Waals surface area (Å²) in [6.45, 7) is 0.895. The number of benzene rings is 2. The van der Waals surface area contributed by atoms with Crippen molar-refractivity contribution in [3.05, 3.63) is 96.1 Å². The van der Waals surface area contributed by atoms with Crippen LogP contribution in [0, 0.1) is 0 Å². The van der Waals surface area contributed by atoms with Gasteiger partial charge in [0, 0.05) is 12.1 Å². The van der Waals surface area contributed by atoms with Gasteiger partial charge in [0.2, 0.25) is 0 Å². The molecule has 2 aromatic rings. The molecule has 106 valence electrons. The van der Waals surface area contributed by atoms with E-state index < -0.39 is 0 Å². The average Bonchev–Trinajstić information content (AvgIpc) is 2.56. The van der Waals surface area contributed by atoms with Crippen LogP contribution >= 0.6 is 0 Å². The lowest BCUT2D eigenvalue weighted by atomic mass is 9.84. The van der Waals surface area contributed by atoms with Crippen LogP contribution in [0.1, 0.15) is 17.5 Å². The number of allylic oxidation sites excluding steroid dienone is 2. The molecule has 0 heterocycles. The number of rotatable bonds is 5. The molecule has 1 heteroatoms. The number of hydrogen-bond acceptors (Lipinski definition) is 1. The SMILES string of the molecule is C1=CCC(Cc2ccccc2)(NCc2ccccc2)C=C1. The van der Waals surface area contributed by atoms with Crippen LogP contribution in [0.3, 0.4) is 0 Å². The zero-order chi connectivity index (χ0) is 14.4. The Morgan fingerprint density at radius 1 is 0.810 bits per heavy atom. The molecule has 1 atom stereocenters. The van der Waals surface area contributed by atoms with E-state index in [0.717, 1.165) is 19.4 Å². The average molecular weight is 275 g/mol. The second kappa shape index (κ2) is 6.55. The van der Waals surface area contributed by atoms with Crippen LogP contribution in [0.2, 0.25) is 0 Å². The Labute approximate surface area is 127 Å². The molecule has 0 radical (unpaired) electrons. The predicted molar refractivity (Wildman–Crippen MR) is 89.1 cm³/mol. The normalized spacial score (nSPS) is 20.6. The summed E-state index contributed by atoms with van der Waals surface area (Å²) in [5, 5.41) is 3.76. The molecule has 0 saturated heterocycles. The molecule has 1 aliphatic rings. The van der Waals surface area contributed by atoms with Crippen molar-refractivity contribution in [2.45, 2.75) is 24.9 Å². The fourth-order valence-corrected chi connectivity index (χ4v) is 2.82. The minimum Gasteiger partial charge on any atom is -0.303 e. The molecule has 2 aromatic carbocycles. The van der Waals surface area contributed by atoms with E-state index in [2.05, 4.69) is 90.3 Å². The molecule has 0 amide bonds. The minimum atomic E-state index is 0.0198. The first-order chi connectivity index (χ1) is 10.4. The van der Waals surface area contributed by atoms with Crippen LogP contribution < -0.4 is 5.32 Å². The molecule has 0 spiro atoms. The fraction of sp³-hybridized carbons (Fsp3) is 0.200. The molecule has 0 aromatic heterocycles. The predicted octanol–water partition coefficient (Wildman–Crippen LogP) is 4.27. The van der Waals surface area contributed by atoms with Gasteiger partial charge in [-0.2, -0.15) is 0 Å². The Morgan fingerprint density at radius 2 is 1.48 bits per heavy atom. The Kier molecular flexibility index (Phi) is 4.32. The third kappa shape index (κ3) is 3.71. The van der Waals surface area contributed by atoms with Crippen molar-refractivity contribution in [1.82, 2.24) is 5.32 Å². The van der Waals surface area contributed by atoms with Crippen molar-refractivity contribution in [3.8, 4) is 0 Å². The zero-order valence-corrected chi connectivity index (χ0v) is 12.2. The van der Waals surface area contributed by atoms with Crippen LogP contribution in [-0.4, -0.2) is 5.54 Å². The Bertz CT molecular complexity index is 613. The van der Waals surface area contributed by atoms with Crippen molar-refractivity contribution in [3.63, 3.8) is 0 Å². The highest BCUT2D eigenvalue weighted by molar-refractivity contribution is 5.28. The van der Waals surface area contributed by atoms with Gasteiger partial charge in [-0.05, 0) is 24.0 Å². The topological polar surface area (TPSA) is 12.0 Å². The van der Waals surface area contributed by atoms with Gasteiger partial charge >= 0.3 is 0 Å². The lowest BCUT2D eigenvalue weighted by Crippen LogP contribution is -2.45. The molecule has 1 unspecified atom stereocenters. The maximum Gasteiger partial charge on any atom is 0.0445 e. The molecular formula is C20H21N. The smallest absolute Gasteiger partial charge is 0.0445 e. The van der Waals surface area contributed by atoms with E-state index in [1.807, 2.05) is 0 Å². The van der Waals surface area contributed by atoms with E-state index in [1.54, 1.807) is 0 Å². The summed E-state index contributed by atoms with van der Waals surface area (Å²) in [6, 6.07) is 21.3. The van der Waals surface area contributed by atoms with E-state index in [4.69, 9.17) is 0 Å². The van der Waals surface area contributed by atoms with E-state index in [9.17, 15) is 0 Å². The molecule has 1 aliphatic carbocycles. The Hall–Kier alpha value is -2.12. The molecule has 1 nitrogen and oxygen atoms in total. The Morgan fingerprint density at radius 3 is 2.10 bits per heavy atom. The van der Waals surface area contributed by atoms with Crippen LogP contribution in [0.15, 0.2) is 85.0 Å². The van der Waals surface area contributed by atoms with Gasteiger partial charge in [0.25, 0.3) is 0 Å². The van der Waals surface area contributed by atoms with Crippen LogP contribution in [0.4, 0.5) is 0 Å². The first kappa shape index (κ1) is 13.8. The summed E-state index contributed by atoms with van der Waals surface area (Å²) in [7, 11) is 0. The fourth-order valence-electron chi connectivity index (χ4n) is 2.82. The van der Waals surface area contributed by atoms with E-state index >= 15 is 0 Å². The Balaban J connectivity index is 1.74. The summed E-state index contributed by atoms with van der Waals surface area (Å²) < 4.78 is 0. The second-order valence-electron chi connectivity index (χ2n) is 5.65. The lowest BCUT2D eigenvalue weighted by Gasteiger charge is -2.33. The second-order valence-corrected chi connectivity index (χ2v) is 5.65. The van der Waals surface area contributed by atoms with Gasteiger partial charge in [-0.3, -0.25) is 0 Å². The molecule has 1 N–H and O–H groups in total. The minimum absolute atomic E-state index is 0.0198. The van der Waals surface area contributed by atoms with Gasteiger partial charge in [-0.25, -0.2) is 0 Å². The maximum atomic E-state index is 3.76. The van der Waals surface area contributed by atoms with Gasteiger partial charge in [-0.15, -0.1) is 0 Å². The van der Waals surface area contributed by atoms with Crippen LogP contribution in [-0.2, 0) is 13.0 Å². The molecular weight excluding hydrogens is 254 g/mol. The van der Waals surface area contributed by atoms with Gasteiger partial charge in [-0.1, -0.05) is 85.0 Å². The zero-order valence-electron chi connectivity index (χ0n) is 12.2. The highest BCUT2D eigenvalue weighted by Gasteiger charge is 2.26. The summed E-state index contributed by atoms with van der Waals surface area (Å²) >= 11 is 0. The molecule has 0 saturated carbocycles. The van der Waals surface area contributed by atoms with E-state index in [-0.39, 0.29) is 5.54 Å². The van der Waals surface area contributed by atoms with Crippen molar-refractivity contribution >= 4 is 0 Å². The van der Waals surface area contributed by atoms with Gasteiger partial charge in [0.15, 0.2) is 0 Å². The first-order valence-electron chi connectivity index (χ1n) is 7.54. The molecule has 0 bridgehead atoms. The van der Waals surface area contributed by atoms with E-state index in [1.165, 1.54) is 11.1 Å². The molecule has 21 heavy (non-hydrogen) atoms. The summed E-state index contributed by atoms with van der Waals surface area (Å²) in [4.78, 5) is 0. The van der Waals surface area contributed by atoms with Gasteiger partial charge in [0.1, 0.15) is 0 Å². The van der Waals surface area contributed by atoms with Crippen LogP contribution in [0.25, 0.3) is 0 Å². The number of hydrogen-bond donors (Lipinski definition) is 1. The van der Waals surface area contributed by atoms with Crippen molar-refractivity contribution < 1.29 is 0 Å². The van der Waals surface area contributed by atoms with Crippen molar-refractivity contribution in [2.24, 2.45) is 0 Å². The summed E-state index contributed by atoms with van der Waals surface area (Å²) in [5.74, 6) is 0. The first-order valence-corrected chi connectivity index (χ1v) is 7.54. The molecule has 0 fully saturated rings. The van der Waals surface area contributed by atoms with Gasteiger partial charge < -0.3 is 5.32 Å². The molecule has 0 aliphatic heterocycles. The number of nitrogens with one attached hydrogen (secondary N) is 1. The standard InChI is InChI=1S/C20H21N/c1-4-10-18(11-5-1)16-20(14-8-3-9-15-20)21-17-19-12-6-2-7-13-19/h1-14,21H,15-17H2. The van der Waals surface area contributed by atoms with Crippen molar-refractivity contribution in [1.29, 1.82) is 0 Å². The highest BCUT2D eigenvalue weighted by atomic mass is 15.0. The quantitative estimate of drug-likeness (QED) is 0.859. The summed E-state index contributed by atoms with van der Waals surface area (Å²) in [5.41, 5.74) is 2.72. The lowest BCUT2D eigenvalue weighted by molar-refractivity contribution is 0.396. The monoisotopic (exact) mass is 275 g/mol. The van der Waals surface area contributed by atoms with Crippen LogP contribution in [0.5, 0.6) is 0 Å².